The van der Waals surface area contributed by atoms with Crippen LogP contribution in [0.2, 0.25) is 0 Å². The van der Waals surface area contributed by atoms with Gasteiger partial charge in [-0.3, -0.25) is 0 Å². The molecule has 20 heavy (non-hydrogen) atoms. The van der Waals surface area contributed by atoms with E-state index in [2.05, 4.69) is 18.9 Å². The average Bonchev–Trinajstić information content (AvgIpc) is 2.69. The van der Waals surface area contributed by atoms with Crippen LogP contribution < -0.4 is 15.2 Å². The number of aryl methyl sites for hydroxylation is 1. The number of para-hydroxylation sites is 2. The minimum Gasteiger partial charge on any atom is -0.490 e. The molecular weight excluding hydrogens is 254 g/mol. The molecule has 5 nitrogen and oxygen atoms in total. The third kappa shape index (κ3) is 2.71. The van der Waals surface area contributed by atoms with Crippen LogP contribution in [0, 0.1) is 0 Å². The molecule has 0 saturated carbocycles. The summed E-state index contributed by atoms with van der Waals surface area (Å²) in [7, 11) is 1.82. The maximum atomic E-state index is 6.13. The number of hydrogen-bond donors (Lipinski definition) is 1. The Morgan fingerprint density at radius 3 is 2.45 bits per heavy atom. The molecule has 0 aliphatic carbocycles. The Balaban J connectivity index is 2.35. The summed E-state index contributed by atoms with van der Waals surface area (Å²) in [5.41, 5.74) is 7.55. The first kappa shape index (κ1) is 14.2. The van der Waals surface area contributed by atoms with Crippen LogP contribution in [0.3, 0.4) is 0 Å². The molecule has 0 fully saturated rings. The van der Waals surface area contributed by atoms with Crippen molar-refractivity contribution in [3.63, 3.8) is 0 Å². The quantitative estimate of drug-likeness (QED) is 0.909. The number of rotatable bonds is 5. The zero-order valence-corrected chi connectivity index (χ0v) is 12.4. The van der Waals surface area contributed by atoms with Crippen LogP contribution in [0.1, 0.15) is 32.4 Å². The van der Waals surface area contributed by atoms with Crippen molar-refractivity contribution < 1.29 is 9.47 Å². The van der Waals surface area contributed by atoms with Crippen molar-refractivity contribution in [3.8, 4) is 17.4 Å². The summed E-state index contributed by atoms with van der Waals surface area (Å²) in [6, 6.07) is 7.53. The number of benzene rings is 1. The topological polar surface area (TPSA) is 62.3 Å². The number of anilines is 1. The Kier molecular flexibility index (Phi) is 4.17. The first-order valence-electron chi connectivity index (χ1n) is 6.76. The number of ether oxygens (including phenoxy) is 2. The molecule has 0 atom stereocenters. The van der Waals surface area contributed by atoms with Gasteiger partial charge < -0.3 is 15.2 Å². The van der Waals surface area contributed by atoms with E-state index in [-0.39, 0.29) is 5.92 Å². The van der Waals surface area contributed by atoms with Crippen molar-refractivity contribution in [2.75, 3.05) is 12.3 Å². The van der Waals surface area contributed by atoms with Crippen molar-refractivity contribution in [1.29, 1.82) is 0 Å². The molecule has 5 heteroatoms. The summed E-state index contributed by atoms with van der Waals surface area (Å²) in [6.07, 6.45) is 0. The van der Waals surface area contributed by atoms with E-state index in [0.717, 1.165) is 5.69 Å². The first-order chi connectivity index (χ1) is 9.54. The first-order valence-corrected chi connectivity index (χ1v) is 6.76. The Labute approximate surface area is 119 Å². The lowest BCUT2D eigenvalue weighted by atomic mass is 10.1. The van der Waals surface area contributed by atoms with E-state index in [1.807, 2.05) is 38.2 Å². The number of aromatic nitrogens is 2. The van der Waals surface area contributed by atoms with Gasteiger partial charge in [0.05, 0.1) is 12.3 Å². The maximum absolute atomic E-state index is 6.13. The second-order valence-corrected chi connectivity index (χ2v) is 4.86. The molecule has 0 saturated heterocycles. The molecule has 2 N–H and O–H groups in total. The second kappa shape index (κ2) is 5.86. The van der Waals surface area contributed by atoms with Gasteiger partial charge in [0.1, 0.15) is 5.69 Å². The number of hydrogen-bond acceptors (Lipinski definition) is 4. The monoisotopic (exact) mass is 275 g/mol. The van der Waals surface area contributed by atoms with Crippen LogP contribution in [0.5, 0.6) is 17.4 Å². The van der Waals surface area contributed by atoms with Crippen LogP contribution in [-0.2, 0) is 7.05 Å². The third-order valence-corrected chi connectivity index (χ3v) is 2.96. The smallest absolute Gasteiger partial charge is 0.241 e. The van der Waals surface area contributed by atoms with Crippen LogP contribution in [-0.4, -0.2) is 16.4 Å². The van der Waals surface area contributed by atoms with Crippen LogP contribution in [0.15, 0.2) is 24.3 Å². The molecule has 0 aliphatic heterocycles. The predicted octanol–water partition coefficient (Wildman–Crippen LogP) is 3.32. The molecule has 108 valence electrons. The summed E-state index contributed by atoms with van der Waals surface area (Å²) in [5.74, 6) is 2.13. The van der Waals surface area contributed by atoms with Crippen molar-refractivity contribution in [3.05, 3.63) is 30.0 Å². The fraction of sp³-hybridized carbons (Fsp3) is 0.400. The lowest BCUT2D eigenvalue weighted by Gasteiger charge is -2.11. The van der Waals surface area contributed by atoms with Crippen molar-refractivity contribution in [2.24, 2.45) is 7.05 Å². The second-order valence-electron chi connectivity index (χ2n) is 4.86. The molecule has 1 aromatic heterocycles. The Bertz CT molecular complexity index is 591. The highest BCUT2D eigenvalue weighted by Gasteiger charge is 2.18. The molecule has 2 rings (SSSR count). The van der Waals surface area contributed by atoms with Crippen molar-refractivity contribution >= 4 is 5.69 Å². The molecule has 0 bridgehead atoms. The fourth-order valence-corrected chi connectivity index (χ4v) is 2.01. The van der Waals surface area contributed by atoms with E-state index in [1.165, 1.54) is 0 Å². The zero-order chi connectivity index (χ0) is 14.7. The molecule has 0 unspecified atom stereocenters. The van der Waals surface area contributed by atoms with Gasteiger partial charge in [-0.25, -0.2) is 4.68 Å². The number of nitrogen functional groups attached to an aromatic ring is 1. The summed E-state index contributed by atoms with van der Waals surface area (Å²) in [6.45, 7) is 6.62. The summed E-state index contributed by atoms with van der Waals surface area (Å²) in [5, 5.41) is 4.41. The van der Waals surface area contributed by atoms with Gasteiger partial charge in [-0.05, 0) is 25.0 Å². The van der Waals surface area contributed by atoms with Gasteiger partial charge in [0.2, 0.25) is 5.88 Å². The average molecular weight is 275 g/mol. The number of nitrogens with zero attached hydrogens (tertiary/aromatic N) is 2. The van der Waals surface area contributed by atoms with E-state index >= 15 is 0 Å². The Morgan fingerprint density at radius 2 is 1.90 bits per heavy atom. The summed E-state index contributed by atoms with van der Waals surface area (Å²) >= 11 is 0. The van der Waals surface area contributed by atoms with E-state index in [0.29, 0.717) is 29.7 Å². The number of nitrogens with two attached hydrogens (primary N) is 1. The Hall–Kier alpha value is -2.17. The highest BCUT2D eigenvalue weighted by molar-refractivity contribution is 5.56. The van der Waals surface area contributed by atoms with Gasteiger partial charge in [0, 0.05) is 7.05 Å². The highest BCUT2D eigenvalue weighted by atomic mass is 16.5. The van der Waals surface area contributed by atoms with E-state index in [9.17, 15) is 0 Å². The van der Waals surface area contributed by atoms with E-state index in [4.69, 9.17) is 15.2 Å². The SMILES string of the molecule is CCOc1ccccc1Oc1c(N)c(C(C)C)nn1C. The normalized spacial score (nSPS) is 10.8. The minimum absolute atomic E-state index is 0.251. The molecule has 2 aromatic rings. The lowest BCUT2D eigenvalue weighted by molar-refractivity contribution is 0.317. The van der Waals surface area contributed by atoms with Gasteiger partial charge in [-0.2, -0.15) is 5.10 Å². The van der Waals surface area contributed by atoms with E-state index < -0.39 is 0 Å². The highest BCUT2D eigenvalue weighted by Crippen LogP contribution is 2.36. The van der Waals surface area contributed by atoms with Crippen molar-refractivity contribution in [2.45, 2.75) is 26.7 Å². The van der Waals surface area contributed by atoms with Crippen LogP contribution in [0.25, 0.3) is 0 Å². The summed E-state index contributed by atoms with van der Waals surface area (Å²) < 4.78 is 13.1. The molecule has 0 amide bonds. The fourth-order valence-electron chi connectivity index (χ4n) is 2.01. The summed E-state index contributed by atoms with van der Waals surface area (Å²) in [4.78, 5) is 0. The lowest BCUT2D eigenvalue weighted by Crippen LogP contribution is -1.99. The largest absolute Gasteiger partial charge is 0.490 e. The zero-order valence-electron chi connectivity index (χ0n) is 12.4. The predicted molar refractivity (Wildman–Crippen MR) is 79.4 cm³/mol. The van der Waals surface area contributed by atoms with Gasteiger partial charge >= 0.3 is 0 Å². The van der Waals surface area contributed by atoms with Gasteiger partial charge in [0.15, 0.2) is 11.5 Å². The van der Waals surface area contributed by atoms with Crippen LogP contribution in [0.4, 0.5) is 5.69 Å². The molecule has 0 spiro atoms. The standard InChI is InChI=1S/C15H21N3O2/c1-5-19-11-8-6-7-9-12(11)20-15-13(16)14(10(2)3)17-18(15)4/h6-10H,5,16H2,1-4H3. The minimum atomic E-state index is 0.251. The van der Waals surface area contributed by atoms with E-state index in [1.54, 1.807) is 4.68 Å². The maximum Gasteiger partial charge on any atom is 0.241 e. The Morgan fingerprint density at radius 1 is 1.25 bits per heavy atom. The molecule has 0 radical (unpaired) electrons. The van der Waals surface area contributed by atoms with Gasteiger partial charge in [-0.15, -0.1) is 0 Å². The molecular formula is C15H21N3O2. The van der Waals surface area contributed by atoms with Gasteiger partial charge in [0.25, 0.3) is 0 Å². The molecule has 0 aliphatic rings. The third-order valence-electron chi connectivity index (χ3n) is 2.96. The molecule has 1 aromatic carbocycles. The molecule has 1 heterocycles. The van der Waals surface area contributed by atoms with Crippen LogP contribution >= 0.6 is 0 Å². The van der Waals surface area contributed by atoms with Crippen molar-refractivity contribution in [1.82, 2.24) is 9.78 Å². The van der Waals surface area contributed by atoms with Gasteiger partial charge in [-0.1, -0.05) is 26.0 Å².